The minimum atomic E-state index is -3.77. The molecule has 0 aliphatic carbocycles. The maximum absolute atomic E-state index is 12.1. The highest BCUT2D eigenvalue weighted by Gasteiger charge is 2.18. The Kier molecular flexibility index (Phi) is 3.57. The van der Waals surface area contributed by atoms with E-state index in [0.717, 1.165) is 0 Å². The summed E-state index contributed by atoms with van der Waals surface area (Å²) in [6.45, 7) is 0. The van der Waals surface area contributed by atoms with Crippen molar-refractivity contribution in [1.82, 2.24) is 0 Å². The van der Waals surface area contributed by atoms with Gasteiger partial charge in [-0.25, -0.2) is 8.42 Å². The first-order valence-corrected chi connectivity index (χ1v) is 7.58. The molecule has 0 radical (unpaired) electrons. The molecule has 4 nitrogen and oxygen atoms in total. The average molecular weight is 299 g/mol. The highest BCUT2D eigenvalue weighted by molar-refractivity contribution is 7.92. The molecule has 1 aromatic heterocycles. The third-order valence-electron chi connectivity index (χ3n) is 2.12. The van der Waals surface area contributed by atoms with Crippen LogP contribution in [-0.2, 0) is 10.0 Å². The van der Waals surface area contributed by atoms with Crippen LogP contribution in [0.4, 0.5) is 5.69 Å². The van der Waals surface area contributed by atoms with Crippen molar-refractivity contribution in [3.63, 3.8) is 0 Å². The largest absolute Gasteiger partial charge is 0.279 e. The first kappa shape index (κ1) is 12.9. The van der Waals surface area contributed by atoms with E-state index >= 15 is 0 Å². The van der Waals surface area contributed by atoms with Crippen molar-refractivity contribution in [2.45, 2.75) is 4.90 Å². The Labute approximate surface area is 114 Å². The van der Waals surface area contributed by atoms with Gasteiger partial charge in [0.15, 0.2) is 0 Å². The minimum absolute atomic E-state index is 0.0803. The Morgan fingerprint density at radius 3 is 2.72 bits per heavy atom. The summed E-state index contributed by atoms with van der Waals surface area (Å²) in [7, 11) is -3.77. The topological polar surface area (TPSA) is 70.0 Å². The Morgan fingerprint density at radius 1 is 1.33 bits per heavy atom. The number of sulfonamides is 1. The zero-order valence-corrected chi connectivity index (χ0v) is 11.3. The molecule has 1 N–H and O–H groups in total. The Bertz CT molecular complexity index is 703. The molecule has 0 bridgehead atoms. The second kappa shape index (κ2) is 4.98. The van der Waals surface area contributed by atoms with E-state index in [2.05, 4.69) is 4.72 Å². The number of nitriles is 1. The van der Waals surface area contributed by atoms with Gasteiger partial charge in [-0.2, -0.15) is 16.6 Å². The van der Waals surface area contributed by atoms with Gasteiger partial charge in [0.1, 0.15) is 4.90 Å². The Hall–Kier alpha value is -1.55. The van der Waals surface area contributed by atoms with E-state index in [1.54, 1.807) is 16.8 Å². The van der Waals surface area contributed by atoms with Crippen molar-refractivity contribution in [2.24, 2.45) is 0 Å². The maximum Gasteiger partial charge on any atom is 0.263 e. The molecule has 0 aliphatic heterocycles. The summed E-state index contributed by atoms with van der Waals surface area (Å²) in [5.74, 6) is 0. The molecule has 2 rings (SSSR count). The lowest BCUT2D eigenvalue weighted by atomic mass is 10.2. The fourth-order valence-corrected chi connectivity index (χ4v) is 3.55. The fourth-order valence-electron chi connectivity index (χ4n) is 1.31. The molecule has 0 aliphatic rings. The quantitative estimate of drug-likeness (QED) is 0.946. The number of halogens is 1. The van der Waals surface area contributed by atoms with Crippen LogP contribution in [-0.4, -0.2) is 8.42 Å². The first-order chi connectivity index (χ1) is 8.53. The second-order valence-corrected chi connectivity index (χ2v) is 6.21. The highest BCUT2D eigenvalue weighted by Crippen LogP contribution is 2.25. The predicted molar refractivity (Wildman–Crippen MR) is 71.3 cm³/mol. The van der Waals surface area contributed by atoms with E-state index in [1.807, 2.05) is 6.07 Å². The summed E-state index contributed by atoms with van der Waals surface area (Å²) in [4.78, 5) is -0.102. The predicted octanol–water partition coefficient (Wildman–Crippen LogP) is 3.07. The molecule has 1 heterocycles. The summed E-state index contributed by atoms with van der Waals surface area (Å²) in [5, 5.41) is 12.3. The van der Waals surface area contributed by atoms with Crippen molar-refractivity contribution in [3.8, 4) is 6.07 Å². The van der Waals surface area contributed by atoms with Crippen LogP contribution in [0.25, 0.3) is 0 Å². The van der Waals surface area contributed by atoms with E-state index in [4.69, 9.17) is 16.9 Å². The van der Waals surface area contributed by atoms with Crippen LogP contribution in [0.5, 0.6) is 0 Å². The summed E-state index contributed by atoms with van der Waals surface area (Å²) >= 11 is 7.23. The Morgan fingerprint density at radius 2 is 2.11 bits per heavy atom. The smallest absolute Gasteiger partial charge is 0.263 e. The van der Waals surface area contributed by atoms with Crippen molar-refractivity contribution < 1.29 is 8.42 Å². The highest BCUT2D eigenvalue weighted by atomic mass is 35.5. The molecule has 0 atom stereocenters. The normalized spacial score (nSPS) is 10.9. The number of hydrogen-bond acceptors (Lipinski definition) is 4. The van der Waals surface area contributed by atoms with Crippen LogP contribution in [0.2, 0.25) is 5.02 Å². The summed E-state index contributed by atoms with van der Waals surface area (Å²) in [5.41, 5.74) is 0.712. The Balaban J connectivity index is 2.44. The van der Waals surface area contributed by atoms with Crippen molar-refractivity contribution in [2.75, 3.05) is 4.72 Å². The van der Waals surface area contributed by atoms with E-state index in [0.29, 0.717) is 5.69 Å². The van der Waals surface area contributed by atoms with Crippen LogP contribution in [0.3, 0.4) is 0 Å². The lowest BCUT2D eigenvalue weighted by molar-refractivity contribution is 0.601. The number of hydrogen-bond donors (Lipinski definition) is 1. The molecular weight excluding hydrogens is 292 g/mol. The molecule has 1 aromatic carbocycles. The zero-order valence-electron chi connectivity index (χ0n) is 8.92. The second-order valence-electron chi connectivity index (χ2n) is 3.37. The summed E-state index contributed by atoms with van der Waals surface area (Å²) < 4.78 is 26.6. The van der Waals surface area contributed by atoms with Gasteiger partial charge in [-0.3, -0.25) is 4.72 Å². The lowest BCUT2D eigenvalue weighted by Crippen LogP contribution is -2.13. The monoisotopic (exact) mass is 298 g/mol. The van der Waals surface area contributed by atoms with Gasteiger partial charge in [-0.1, -0.05) is 11.6 Å². The van der Waals surface area contributed by atoms with Gasteiger partial charge in [-0.15, -0.1) is 0 Å². The molecule has 0 unspecified atom stereocenters. The van der Waals surface area contributed by atoms with Gasteiger partial charge in [0.25, 0.3) is 10.0 Å². The molecule has 0 amide bonds. The number of benzene rings is 1. The molecule has 0 fully saturated rings. The van der Waals surface area contributed by atoms with Gasteiger partial charge in [0, 0.05) is 5.38 Å². The van der Waals surface area contributed by atoms with E-state index < -0.39 is 10.0 Å². The third kappa shape index (κ3) is 2.64. The molecule has 18 heavy (non-hydrogen) atoms. The zero-order chi connectivity index (χ0) is 13.2. The number of anilines is 1. The lowest BCUT2D eigenvalue weighted by Gasteiger charge is -2.08. The number of nitrogens with zero attached hydrogens (tertiary/aromatic N) is 1. The van der Waals surface area contributed by atoms with Crippen LogP contribution in [0, 0.1) is 11.3 Å². The minimum Gasteiger partial charge on any atom is -0.279 e. The van der Waals surface area contributed by atoms with Crippen molar-refractivity contribution in [3.05, 3.63) is 45.6 Å². The standard InChI is InChI=1S/C11H7ClN2O2S2/c12-10-2-1-8(6-13)5-11(10)18(15,16)14-9-3-4-17-7-9/h1-5,7,14H. The summed E-state index contributed by atoms with van der Waals surface area (Å²) in [6.07, 6.45) is 0. The molecular formula is C11H7ClN2O2S2. The number of rotatable bonds is 3. The van der Waals surface area contributed by atoms with Crippen molar-refractivity contribution >= 4 is 38.6 Å². The van der Waals surface area contributed by atoms with Gasteiger partial charge < -0.3 is 0 Å². The van der Waals surface area contributed by atoms with Gasteiger partial charge in [0.05, 0.1) is 22.3 Å². The fraction of sp³-hybridized carbons (Fsp3) is 0. The SMILES string of the molecule is N#Cc1ccc(Cl)c(S(=O)(=O)Nc2ccsc2)c1. The van der Waals surface area contributed by atoms with Gasteiger partial charge in [0.2, 0.25) is 0 Å². The van der Waals surface area contributed by atoms with Gasteiger partial charge in [-0.05, 0) is 29.6 Å². The van der Waals surface area contributed by atoms with E-state index in [9.17, 15) is 8.42 Å². The van der Waals surface area contributed by atoms with Gasteiger partial charge >= 0.3 is 0 Å². The summed E-state index contributed by atoms with van der Waals surface area (Å²) in [6, 6.07) is 7.62. The van der Waals surface area contributed by atoms with E-state index in [1.165, 1.54) is 29.5 Å². The van der Waals surface area contributed by atoms with E-state index in [-0.39, 0.29) is 15.5 Å². The molecule has 0 saturated heterocycles. The van der Waals surface area contributed by atoms with Crippen LogP contribution >= 0.6 is 22.9 Å². The molecule has 7 heteroatoms. The van der Waals surface area contributed by atoms with Crippen LogP contribution < -0.4 is 4.72 Å². The number of thiophene rings is 1. The molecule has 0 saturated carbocycles. The molecule has 0 spiro atoms. The molecule has 92 valence electrons. The van der Waals surface area contributed by atoms with Crippen LogP contribution in [0.15, 0.2) is 39.9 Å². The van der Waals surface area contributed by atoms with Crippen LogP contribution in [0.1, 0.15) is 5.56 Å². The van der Waals surface area contributed by atoms with Crippen molar-refractivity contribution in [1.29, 1.82) is 5.26 Å². The molecule has 2 aromatic rings. The average Bonchev–Trinajstić information content (AvgIpc) is 2.81. The maximum atomic E-state index is 12.1. The third-order valence-corrected chi connectivity index (χ3v) is 4.67. The first-order valence-electron chi connectivity index (χ1n) is 4.77. The number of nitrogens with one attached hydrogen (secondary N) is 1.